The number of rotatable bonds is 5. The summed E-state index contributed by atoms with van der Waals surface area (Å²) in [6, 6.07) is 12.4. The second-order valence-electron chi connectivity index (χ2n) is 6.56. The molecule has 0 radical (unpaired) electrons. The van der Waals surface area contributed by atoms with Crippen LogP contribution in [-0.2, 0) is 20.4 Å². The quantitative estimate of drug-likeness (QED) is 0.641. The van der Waals surface area contributed by atoms with E-state index in [1.165, 1.54) is 12.1 Å². The molecule has 29 heavy (non-hydrogen) atoms. The number of hydrogen-bond donors (Lipinski definition) is 3. The molecule has 9 nitrogen and oxygen atoms in total. The van der Waals surface area contributed by atoms with Gasteiger partial charge in [0.1, 0.15) is 5.54 Å². The number of hydrogen-bond acceptors (Lipinski definition) is 5. The van der Waals surface area contributed by atoms with E-state index in [0.717, 1.165) is 5.56 Å². The van der Waals surface area contributed by atoms with Gasteiger partial charge in [0.25, 0.3) is 15.9 Å². The number of nitrogens with zero attached hydrogens (tertiary/aromatic N) is 1. The van der Waals surface area contributed by atoms with Gasteiger partial charge in [0.05, 0.1) is 4.90 Å². The van der Waals surface area contributed by atoms with Crippen LogP contribution in [-0.4, -0.2) is 31.4 Å². The van der Waals surface area contributed by atoms with Gasteiger partial charge in [-0.15, -0.1) is 0 Å². The number of imide groups is 1. The van der Waals surface area contributed by atoms with E-state index in [2.05, 4.69) is 5.32 Å². The first-order valence-electron chi connectivity index (χ1n) is 8.82. The molecule has 2 aromatic carbocycles. The molecule has 1 aliphatic rings. The fourth-order valence-corrected chi connectivity index (χ4v) is 3.96. The van der Waals surface area contributed by atoms with Gasteiger partial charge in [-0.1, -0.05) is 55.0 Å². The highest BCUT2D eigenvalue weighted by atomic mass is 32.2. The molecule has 0 saturated carbocycles. The van der Waals surface area contributed by atoms with Gasteiger partial charge in [-0.3, -0.25) is 4.79 Å². The highest BCUT2D eigenvalue weighted by molar-refractivity contribution is 7.90. The van der Waals surface area contributed by atoms with Gasteiger partial charge < -0.3 is 5.32 Å². The maximum atomic E-state index is 12.9. The van der Waals surface area contributed by atoms with Crippen LogP contribution >= 0.6 is 0 Å². The molecule has 0 aliphatic carbocycles. The fourth-order valence-electron chi connectivity index (χ4n) is 3.06. The van der Waals surface area contributed by atoms with Gasteiger partial charge in [0.15, 0.2) is 0 Å². The first-order valence-corrected chi connectivity index (χ1v) is 10.3. The average molecular weight is 416 g/mol. The number of carbonyl (C=O) groups is 3. The number of aryl methyl sites for hydroxylation is 1. The predicted molar refractivity (Wildman–Crippen MR) is 104 cm³/mol. The molecule has 1 aliphatic heterocycles. The molecule has 10 heteroatoms. The van der Waals surface area contributed by atoms with Crippen molar-refractivity contribution in [3.8, 4) is 0 Å². The van der Waals surface area contributed by atoms with E-state index in [1.807, 2.05) is 5.43 Å². The lowest BCUT2D eigenvalue weighted by atomic mass is 9.87. The van der Waals surface area contributed by atoms with Crippen molar-refractivity contribution in [2.24, 2.45) is 0 Å². The van der Waals surface area contributed by atoms with Gasteiger partial charge in [0.2, 0.25) is 0 Å². The summed E-state index contributed by atoms with van der Waals surface area (Å²) in [6.45, 7) is 3.51. The van der Waals surface area contributed by atoms with E-state index in [4.69, 9.17) is 0 Å². The predicted octanol–water partition coefficient (Wildman–Crippen LogP) is 1.76. The van der Waals surface area contributed by atoms with Gasteiger partial charge in [-0.05, 0) is 31.0 Å². The Labute approximate surface area is 168 Å². The third-order valence-electron chi connectivity index (χ3n) is 4.66. The largest absolute Gasteiger partial charge is 0.348 e. The standard InChI is InChI=1S/C19H20N4O5S/c1-3-19(14-7-5-4-6-8-14)16(24)23(18(26)20-19)21-17(25)22-29(27,28)15-11-9-13(2)10-12-15/h4-12H,3H2,1-2H3,(H,20,26)(H2,21,22,25). The molecule has 0 spiro atoms. The summed E-state index contributed by atoms with van der Waals surface area (Å²) in [5.41, 5.74) is 2.08. The highest BCUT2D eigenvalue weighted by Crippen LogP contribution is 2.31. The van der Waals surface area contributed by atoms with Crippen LogP contribution in [0.3, 0.4) is 0 Å². The Morgan fingerprint density at radius 1 is 1.07 bits per heavy atom. The summed E-state index contributed by atoms with van der Waals surface area (Å²) in [5.74, 6) is -0.709. The van der Waals surface area contributed by atoms with E-state index >= 15 is 0 Å². The van der Waals surface area contributed by atoms with Crippen LogP contribution in [0, 0.1) is 6.92 Å². The maximum Gasteiger partial charge on any atom is 0.348 e. The van der Waals surface area contributed by atoms with E-state index in [0.29, 0.717) is 10.6 Å². The lowest BCUT2D eigenvalue weighted by Crippen LogP contribution is -2.52. The van der Waals surface area contributed by atoms with Crippen LogP contribution < -0.4 is 15.5 Å². The number of benzene rings is 2. The fraction of sp³-hybridized carbons (Fsp3) is 0.211. The third kappa shape index (κ3) is 3.79. The lowest BCUT2D eigenvalue weighted by molar-refractivity contribution is -0.133. The van der Waals surface area contributed by atoms with Crippen molar-refractivity contribution in [2.45, 2.75) is 30.7 Å². The summed E-state index contributed by atoms with van der Waals surface area (Å²) in [7, 11) is -4.17. The molecule has 1 heterocycles. The van der Waals surface area contributed by atoms with Crippen molar-refractivity contribution >= 4 is 28.0 Å². The van der Waals surface area contributed by atoms with E-state index in [1.54, 1.807) is 61.0 Å². The second kappa shape index (κ2) is 7.55. The highest BCUT2D eigenvalue weighted by Gasteiger charge is 2.52. The first-order chi connectivity index (χ1) is 13.7. The summed E-state index contributed by atoms with van der Waals surface area (Å²) in [4.78, 5) is 37.4. The van der Waals surface area contributed by atoms with Crippen LogP contribution in [0.15, 0.2) is 59.5 Å². The molecule has 0 aromatic heterocycles. The van der Waals surface area contributed by atoms with Crippen molar-refractivity contribution in [3.05, 3.63) is 65.7 Å². The zero-order chi connectivity index (χ0) is 21.2. The number of amides is 5. The molecule has 3 N–H and O–H groups in total. The number of urea groups is 2. The summed E-state index contributed by atoms with van der Waals surface area (Å²) >= 11 is 0. The zero-order valence-corrected chi connectivity index (χ0v) is 16.6. The van der Waals surface area contributed by atoms with E-state index in [-0.39, 0.29) is 11.3 Å². The summed E-state index contributed by atoms with van der Waals surface area (Å²) in [5, 5.41) is 3.07. The molecule has 5 amide bonds. The molecule has 0 bridgehead atoms. The molecule has 3 rings (SSSR count). The minimum atomic E-state index is -4.17. The molecule has 1 fully saturated rings. The van der Waals surface area contributed by atoms with Crippen LogP contribution in [0.4, 0.5) is 9.59 Å². The van der Waals surface area contributed by atoms with Gasteiger partial charge in [-0.2, -0.15) is 5.01 Å². The molecule has 2 aromatic rings. The van der Waals surface area contributed by atoms with Crippen molar-refractivity contribution in [1.82, 2.24) is 20.5 Å². The Hall–Kier alpha value is -3.40. The first kappa shape index (κ1) is 20.3. The molecule has 1 saturated heterocycles. The normalized spacial score (nSPS) is 19.0. The van der Waals surface area contributed by atoms with Gasteiger partial charge >= 0.3 is 12.1 Å². The van der Waals surface area contributed by atoms with Crippen molar-refractivity contribution in [2.75, 3.05) is 0 Å². The number of nitrogens with one attached hydrogen (secondary N) is 3. The second-order valence-corrected chi connectivity index (χ2v) is 8.24. The molecule has 152 valence electrons. The van der Waals surface area contributed by atoms with Crippen molar-refractivity contribution in [1.29, 1.82) is 0 Å². The maximum absolute atomic E-state index is 12.9. The Bertz CT molecular complexity index is 1050. The zero-order valence-electron chi connectivity index (χ0n) is 15.8. The SMILES string of the molecule is CCC1(c2ccccc2)NC(=O)N(NC(=O)NS(=O)(=O)c2ccc(C)cc2)C1=O. The smallest absolute Gasteiger partial charge is 0.318 e. The van der Waals surface area contributed by atoms with Crippen molar-refractivity contribution in [3.63, 3.8) is 0 Å². The molecular formula is C19H20N4O5S. The number of hydrazine groups is 1. The van der Waals surface area contributed by atoms with E-state index in [9.17, 15) is 22.8 Å². The minimum Gasteiger partial charge on any atom is -0.318 e. The number of sulfonamides is 1. The van der Waals surface area contributed by atoms with Crippen LogP contribution in [0.25, 0.3) is 0 Å². The monoisotopic (exact) mass is 416 g/mol. The van der Waals surface area contributed by atoms with Crippen LogP contribution in [0.5, 0.6) is 0 Å². The molecule has 1 unspecified atom stereocenters. The van der Waals surface area contributed by atoms with E-state index < -0.39 is 33.5 Å². The topological polar surface area (TPSA) is 125 Å². The van der Waals surface area contributed by atoms with Gasteiger partial charge in [0, 0.05) is 0 Å². The summed E-state index contributed by atoms with van der Waals surface area (Å²) in [6.07, 6.45) is 0.239. The Morgan fingerprint density at radius 3 is 2.28 bits per heavy atom. The van der Waals surface area contributed by atoms with Crippen LogP contribution in [0.2, 0.25) is 0 Å². The molecular weight excluding hydrogens is 396 g/mol. The van der Waals surface area contributed by atoms with Gasteiger partial charge in [-0.25, -0.2) is 28.2 Å². The summed E-state index contributed by atoms with van der Waals surface area (Å²) < 4.78 is 26.4. The number of carbonyl (C=O) groups excluding carboxylic acids is 3. The molecule has 1 atom stereocenters. The lowest BCUT2D eigenvalue weighted by Gasteiger charge is -2.25. The minimum absolute atomic E-state index is 0.123. The third-order valence-corrected chi connectivity index (χ3v) is 6.01. The average Bonchev–Trinajstić information content (AvgIpc) is 2.93. The van der Waals surface area contributed by atoms with Crippen LogP contribution in [0.1, 0.15) is 24.5 Å². The Morgan fingerprint density at radius 2 is 1.69 bits per heavy atom. The Kier molecular flexibility index (Phi) is 5.29. The Balaban J connectivity index is 1.78. The van der Waals surface area contributed by atoms with Crippen molar-refractivity contribution < 1.29 is 22.8 Å².